The zero-order valence-corrected chi connectivity index (χ0v) is 9.44. The smallest absolute Gasteiger partial charge is 0.162 e. The minimum absolute atomic E-state index is 0.154. The number of methoxy groups -OCH3 is 1. The number of hydrogen-bond acceptors (Lipinski definition) is 3. The molecule has 0 aromatic heterocycles. The molecule has 0 bridgehead atoms. The highest BCUT2D eigenvalue weighted by atomic mass is 16.7. The standard InChI is InChI=1S/C13H16O3/c1-10-8-15-13(16-9-10)7-11-3-5-12(14-2)6-4-11/h3-6,13H,1,7-9H2,2H3. The third kappa shape index (κ3) is 2.84. The lowest BCUT2D eigenvalue weighted by Gasteiger charge is -2.24. The molecule has 0 radical (unpaired) electrons. The van der Waals surface area contributed by atoms with Crippen molar-refractivity contribution in [1.82, 2.24) is 0 Å². The molecule has 1 aliphatic heterocycles. The Kier molecular flexibility index (Phi) is 3.59. The van der Waals surface area contributed by atoms with Crippen LogP contribution in [0.15, 0.2) is 36.4 Å². The van der Waals surface area contributed by atoms with Crippen LogP contribution < -0.4 is 4.74 Å². The van der Waals surface area contributed by atoms with Crippen LogP contribution in [0, 0.1) is 0 Å². The predicted octanol–water partition coefficient (Wildman–Crippen LogP) is 2.17. The second-order valence-electron chi connectivity index (χ2n) is 3.85. The molecule has 2 rings (SSSR count). The van der Waals surface area contributed by atoms with Crippen LogP contribution in [-0.2, 0) is 15.9 Å². The average Bonchev–Trinajstić information content (AvgIpc) is 2.33. The monoisotopic (exact) mass is 220 g/mol. The van der Waals surface area contributed by atoms with E-state index in [1.807, 2.05) is 24.3 Å². The first-order chi connectivity index (χ1) is 7.78. The summed E-state index contributed by atoms with van der Waals surface area (Å²) >= 11 is 0. The number of ether oxygens (including phenoxy) is 3. The van der Waals surface area contributed by atoms with Crippen molar-refractivity contribution in [1.29, 1.82) is 0 Å². The highest BCUT2D eigenvalue weighted by Crippen LogP contribution is 2.16. The van der Waals surface area contributed by atoms with Gasteiger partial charge < -0.3 is 14.2 Å². The maximum absolute atomic E-state index is 5.50. The van der Waals surface area contributed by atoms with E-state index in [4.69, 9.17) is 14.2 Å². The summed E-state index contributed by atoms with van der Waals surface area (Å²) in [5.41, 5.74) is 2.17. The van der Waals surface area contributed by atoms with Crippen molar-refractivity contribution in [3.63, 3.8) is 0 Å². The molecule has 86 valence electrons. The van der Waals surface area contributed by atoms with E-state index in [2.05, 4.69) is 6.58 Å². The summed E-state index contributed by atoms with van der Waals surface area (Å²) in [5.74, 6) is 0.864. The fourth-order valence-corrected chi connectivity index (χ4v) is 1.58. The largest absolute Gasteiger partial charge is 0.497 e. The lowest BCUT2D eigenvalue weighted by molar-refractivity contribution is -0.154. The molecule has 3 nitrogen and oxygen atoms in total. The molecule has 0 atom stereocenters. The van der Waals surface area contributed by atoms with Gasteiger partial charge in [0, 0.05) is 6.42 Å². The van der Waals surface area contributed by atoms with Crippen LogP contribution in [0.25, 0.3) is 0 Å². The van der Waals surface area contributed by atoms with Gasteiger partial charge in [-0.05, 0) is 23.3 Å². The molecule has 1 heterocycles. The number of hydrogen-bond donors (Lipinski definition) is 0. The molecule has 1 aliphatic rings. The van der Waals surface area contributed by atoms with Gasteiger partial charge in [0.05, 0.1) is 20.3 Å². The van der Waals surface area contributed by atoms with Crippen LogP contribution in [0.3, 0.4) is 0 Å². The number of benzene rings is 1. The fourth-order valence-electron chi connectivity index (χ4n) is 1.58. The first-order valence-electron chi connectivity index (χ1n) is 5.30. The van der Waals surface area contributed by atoms with Gasteiger partial charge in [0.1, 0.15) is 5.75 Å². The third-order valence-electron chi connectivity index (χ3n) is 2.51. The van der Waals surface area contributed by atoms with Crippen molar-refractivity contribution >= 4 is 0 Å². The fraction of sp³-hybridized carbons (Fsp3) is 0.385. The summed E-state index contributed by atoms with van der Waals surface area (Å²) in [7, 11) is 1.66. The molecule has 16 heavy (non-hydrogen) atoms. The van der Waals surface area contributed by atoms with E-state index in [0.29, 0.717) is 13.2 Å². The van der Waals surface area contributed by atoms with Gasteiger partial charge in [-0.25, -0.2) is 0 Å². The molecular formula is C13H16O3. The minimum Gasteiger partial charge on any atom is -0.497 e. The van der Waals surface area contributed by atoms with Crippen LogP contribution in [0.4, 0.5) is 0 Å². The summed E-state index contributed by atoms with van der Waals surface area (Å²) in [5, 5.41) is 0. The van der Waals surface area contributed by atoms with E-state index >= 15 is 0 Å². The minimum atomic E-state index is -0.154. The highest BCUT2D eigenvalue weighted by Gasteiger charge is 2.16. The summed E-state index contributed by atoms with van der Waals surface area (Å²) in [6.07, 6.45) is 0.607. The summed E-state index contributed by atoms with van der Waals surface area (Å²) < 4.78 is 16.1. The van der Waals surface area contributed by atoms with Crippen molar-refractivity contribution in [2.24, 2.45) is 0 Å². The van der Waals surface area contributed by atoms with Crippen LogP contribution in [0.1, 0.15) is 5.56 Å². The van der Waals surface area contributed by atoms with Gasteiger partial charge in [-0.3, -0.25) is 0 Å². The first-order valence-corrected chi connectivity index (χ1v) is 5.30. The van der Waals surface area contributed by atoms with Gasteiger partial charge in [-0.2, -0.15) is 0 Å². The Balaban J connectivity index is 1.90. The lowest BCUT2D eigenvalue weighted by atomic mass is 10.1. The molecule has 0 aliphatic carbocycles. The van der Waals surface area contributed by atoms with Crippen LogP contribution in [0.5, 0.6) is 5.75 Å². The molecule has 0 N–H and O–H groups in total. The zero-order valence-electron chi connectivity index (χ0n) is 9.44. The third-order valence-corrected chi connectivity index (χ3v) is 2.51. The Bertz CT molecular complexity index is 346. The normalized spacial score (nSPS) is 17.4. The van der Waals surface area contributed by atoms with Gasteiger partial charge in [0.15, 0.2) is 6.29 Å². The predicted molar refractivity (Wildman–Crippen MR) is 61.5 cm³/mol. The SMILES string of the molecule is C=C1COC(Cc2ccc(OC)cc2)OC1. The molecule has 0 saturated carbocycles. The molecule has 1 aromatic rings. The lowest BCUT2D eigenvalue weighted by Crippen LogP contribution is -2.28. The van der Waals surface area contributed by atoms with Crippen molar-refractivity contribution in [2.45, 2.75) is 12.7 Å². The molecule has 0 amide bonds. The van der Waals surface area contributed by atoms with Crippen LogP contribution in [0.2, 0.25) is 0 Å². The summed E-state index contributed by atoms with van der Waals surface area (Å²) in [6.45, 7) is 5.01. The van der Waals surface area contributed by atoms with E-state index < -0.39 is 0 Å². The topological polar surface area (TPSA) is 27.7 Å². The Labute approximate surface area is 95.6 Å². The molecule has 1 fully saturated rings. The van der Waals surface area contributed by atoms with Gasteiger partial charge in [-0.1, -0.05) is 18.7 Å². The van der Waals surface area contributed by atoms with E-state index in [9.17, 15) is 0 Å². The Hall–Kier alpha value is -1.32. The second kappa shape index (κ2) is 5.14. The second-order valence-corrected chi connectivity index (χ2v) is 3.85. The van der Waals surface area contributed by atoms with Crippen LogP contribution >= 0.6 is 0 Å². The van der Waals surface area contributed by atoms with Crippen molar-refractivity contribution in [2.75, 3.05) is 20.3 Å². The molecule has 0 unspecified atom stereocenters. The van der Waals surface area contributed by atoms with E-state index in [1.165, 1.54) is 5.56 Å². The zero-order chi connectivity index (χ0) is 11.4. The molecule has 1 saturated heterocycles. The Morgan fingerprint density at radius 2 is 1.88 bits per heavy atom. The average molecular weight is 220 g/mol. The van der Waals surface area contributed by atoms with Gasteiger partial charge in [0.2, 0.25) is 0 Å². The quantitative estimate of drug-likeness (QED) is 0.731. The van der Waals surface area contributed by atoms with E-state index in [1.54, 1.807) is 7.11 Å². The number of rotatable bonds is 3. The van der Waals surface area contributed by atoms with Gasteiger partial charge in [0.25, 0.3) is 0 Å². The van der Waals surface area contributed by atoms with Gasteiger partial charge in [-0.15, -0.1) is 0 Å². The molecule has 3 heteroatoms. The van der Waals surface area contributed by atoms with Crippen molar-refractivity contribution in [3.05, 3.63) is 42.0 Å². The summed E-state index contributed by atoms with van der Waals surface area (Å²) in [4.78, 5) is 0. The van der Waals surface area contributed by atoms with Crippen LogP contribution in [-0.4, -0.2) is 26.6 Å². The maximum Gasteiger partial charge on any atom is 0.162 e. The first kappa shape index (κ1) is 11.2. The Morgan fingerprint density at radius 1 is 1.25 bits per heavy atom. The van der Waals surface area contributed by atoms with E-state index in [-0.39, 0.29) is 6.29 Å². The van der Waals surface area contributed by atoms with Gasteiger partial charge >= 0.3 is 0 Å². The summed E-state index contributed by atoms with van der Waals surface area (Å²) in [6, 6.07) is 7.93. The highest BCUT2D eigenvalue weighted by molar-refractivity contribution is 5.27. The molecular weight excluding hydrogens is 204 g/mol. The maximum atomic E-state index is 5.50. The molecule has 1 aromatic carbocycles. The molecule has 0 spiro atoms. The van der Waals surface area contributed by atoms with Crippen molar-refractivity contribution in [3.8, 4) is 5.75 Å². The van der Waals surface area contributed by atoms with E-state index in [0.717, 1.165) is 17.7 Å². The van der Waals surface area contributed by atoms with Crippen molar-refractivity contribution < 1.29 is 14.2 Å². The Morgan fingerprint density at radius 3 is 2.44 bits per heavy atom.